The van der Waals surface area contributed by atoms with Crippen LogP contribution < -0.4 is 0 Å². The molecule has 2 aromatic rings. The van der Waals surface area contributed by atoms with E-state index in [1.807, 2.05) is 24.4 Å². The molecule has 3 heteroatoms. The standard InChI is InChI=1S/C14H16N2O/c1-10-6-7-16-11(8-10)9-15-14(16)12-4-2-3-5-13(12)17/h2-5,9-10,17H,6-8H2,1H3. The van der Waals surface area contributed by atoms with Gasteiger partial charge in [-0.2, -0.15) is 0 Å². The van der Waals surface area contributed by atoms with Crippen molar-refractivity contribution < 1.29 is 5.11 Å². The monoisotopic (exact) mass is 228 g/mol. The third kappa shape index (κ3) is 1.71. The second-order valence-corrected chi connectivity index (χ2v) is 4.84. The lowest BCUT2D eigenvalue weighted by Crippen LogP contribution is -2.17. The van der Waals surface area contributed by atoms with Crippen molar-refractivity contribution in [3.63, 3.8) is 0 Å². The Balaban J connectivity index is 2.09. The molecule has 0 amide bonds. The lowest BCUT2D eigenvalue weighted by molar-refractivity contribution is 0.418. The quantitative estimate of drug-likeness (QED) is 0.815. The van der Waals surface area contributed by atoms with Crippen LogP contribution in [0.4, 0.5) is 0 Å². The van der Waals surface area contributed by atoms with E-state index in [1.165, 1.54) is 12.1 Å². The molecule has 1 unspecified atom stereocenters. The largest absolute Gasteiger partial charge is 0.507 e. The molecule has 3 rings (SSSR count). The molecule has 0 spiro atoms. The first kappa shape index (κ1) is 10.4. The molecular formula is C14H16N2O. The molecule has 2 heterocycles. The van der Waals surface area contributed by atoms with Gasteiger partial charge in [0.25, 0.3) is 0 Å². The van der Waals surface area contributed by atoms with E-state index in [1.54, 1.807) is 6.07 Å². The van der Waals surface area contributed by atoms with E-state index >= 15 is 0 Å². The first-order valence-electron chi connectivity index (χ1n) is 6.08. The van der Waals surface area contributed by atoms with Crippen LogP contribution >= 0.6 is 0 Å². The zero-order chi connectivity index (χ0) is 11.8. The van der Waals surface area contributed by atoms with Gasteiger partial charge in [0.2, 0.25) is 0 Å². The summed E-state index contributed by atoms with van der Waals surface area (Å²) in [7, 11) is 0. The number of phenolic OH excluding ortho intramolecular Hbond substituents is 1. The van der Waals surface area contributed by atoms with Crippen molar-refractivity contribution in [1.82, 2.24) is 9.55 Å². The van der Waals surface area contributed by atoms with E-state index in [2.05, 4.69) is 16.5 Å². The van der Waals surface area contributed by atoms with Crippen LogP contribution in [0.3, 0.4) is 0 Å². The van der Waals surface area contributed by atoms with Crippen LogP contribution in [0.1, 0.15) is 19.0 Å². The maximum atomic E-state index is 9.88. The van der Waals surface area contributed by atoms with Gasteiger partial charge in [0, 0.05) is 18.4 Å². The van der Waals surface area contributed by atoms with Crippen LogP contribution in [-0.2, 0) is 13.0 Å². The molecule has 0 aliphatic carbocycles. The van der Waals surface area contributed by atoms with Gasteiger partial charge in [-0.3, -0.25) is 0 Å². The number of imidazole rings is 1. The fraction of sp³-hybridized carbons (Fsp3) is 0.357. The molecule has 1 aliphatic heterocycles. The molecule has 3 nitrogen and oxygen atoms in total. The van der Waals surface area contributed by atoms with Crippen LogP contribution in [0.15, 0.2) is 30.5 Å². The summed E-state index contributed by atoms with van der Waals surface area (Å²) in [4.78, 5) is 4.47. The topological polar surface area (TPSA) is 38.0 Å². The van der Waals surface area contributed by atoms with E-state index < -0.39 is 0 Å². The minimum absolute atomic E-state index is 0.305. The summed E-state index contributed by atoms with van der Waals surface area (Å²) in [6, 6.07) is 7.40. The van der Waals surface area contributed by atoms with Gasteiger partial charge < -0.3 is 9.67 Å². The van der Waals surface area contributed by atoms with Crippen molar-refractivity contribution >= 4 is 0 Å². The summed E-state index contributed by atoms with van der Waals surface area (Å²) in [6.07, 6.45) is 4.21. The smallest absolute Gasteiger partial charge is 0.143 e. The predicted molar refractivity (Wildman–Crippen MR) is 66.8 cm³/mol. The third-order valence-electron chi connectivity index (χ3n) is 3.49. The van der Waals surface area contributed by atoms with E-state index in [-0.39, 0.29) is 0 Å². The van der Waals surface area contributed by atoms with Crippen molar-refractivity contribution in [2.24, 2.45) is 5.92 Å². The molecule has 0 saturated heterocycles. The molecule has 1 atom stereocenters. The van der Waals surface area contributed by atoms with Gasteiger partial charge >= 0.3 is 0 Å². The van der Waals surface area contributed by atoms with Crippen molar-refractivity contribution in [3.8, 4) is 17.1 Å². The van der Waals surface area contributed by atoms with E-state index in [9.17, 15) is 5.11 Å². The number of phenols is 1. The molecule has 0 bridgehead atoms. The minimum atomic E-state index is 0.305. The molecule has 88 valence electrons. The number of aromatic nitrogens is 2. The van der Waals surface area contributed by atoms with Gasteiger partial charge in [-0.15, -0.1) is 0 Å². The second kappa shape index (κ2) is 3.91. The summed E-state index contributed by atoms with van der Waals surface area (Å²) in [5, 5.41) is 9.88. The Morgan fingerprint density at radius 2 is 2.18 bits per heavy atom. The molecule has 1 N–H and O–H groups in total. The maximum absolute atomic E-state index is 9.88. The van der Waals surface area contributed by atoms with Gasteiger partial charge in [-0.1, -0.05) is 19.1 Å². The molecule has 17 heavy (non-hydrogen) atoms. The van der Waals surface area contributed by atoms with E-state index in [0.717, 1.165) is 30.3 Å². The lowest BCUT2D eigenvalue weighted by Gasteiger charge is -2.22. The molecule has 1 aliphatic rings. The summed E-state index contributed by atoms with van der Waals surface area (Å²) >= 11 is 0. The van der Waals surface area contributed by atoms with Gasteiger partial charge in [0.05, 0.1) is 5.56 Å². The molecular weight excluding hydrogens is 212 g/mol. The van der Waals surface area contributed by atoms with Gasteiger partial charge in [0.1, 0.15) is 11.6 Å². The highest BCUT2D eigenvalue weighted by Crippen LogP contribution is 2.31. The van der Waals surface area contributed by atoms with Crippen LogP contribution in [0.25, 0.3) is 11.4 Å². The Bertz CT molecular complexity index is 545. The average Bonchev–Trinajstić information content (AvgIpc) is 2.72. The van der Waals surface area contributed by atoms with Crippen LogP contribution in [-0.4, -0.2) is 14.7 Å². The highest BCUT2D eigenvalue weighted by atomic mass is 16.3. The predicted octanol–water partition coefficient (Wildman–Crippen LogP) is 2.84. The first-order chi connectivity index (χ1) is 8.25. The van der Waals surface area contributed by atoms with E-state index in [0.29, 0.717) is 5.75 Å². The van der Waals surface area contributed by atoms with Gasteiger partial charge in [0.15, 0.2) is 0 Å². The SMILES string of the molecule is CC1CCn2c(cnc2-c2ccccc2O)C1. The second-order valence-electron chi connectivity index (χ2n) is 4.84. The minimum Gasteiger partial charge on any atom is -0.507 e. The Morgan fingerprint density at radius 3 is 3.00 bits per heavy atom. The van der Waals surface area contributed by atoms with Crippen molar-refractivity contribution in [2.45, 2.75) is 26.3 Å². The third-order valence-corrected chi connectivity index (χ3v) is 3.49. The normalized spacial score (nSPS) is 19.0. The van der Waals surface area contributed by atoms with Crippen LogP contribution in [0.2, 0.25) is 0 Å². The summed E-state index contributed by atoms with van der Waals surface area (Å²) in [5.41, 5.74) is 2.11. The highest BCUT2D eigenvalue weighted by Gasteiger charge is 2.20. The number of rotatable bonds is 1. The number of benzene rings is 1. The van der Waals surface area contributed by atoms with Crippen LogP contribution in [0.5, 0.6) is 5.75 Å². The van der Waals surface area contributed by atoms with Crippen molar-refractivity contribution in [3.05, 3.63) is 36.2 Å². The zero-order valence-corrected chi connectivity index (χ0v) is 9.93. The maximum Gasteiger partial charge on any atom is 0.143 e. The Labute approximate surface area is 101 Å². The number of hydrogen-bond acceptors (Lipinski definition) is 2. The fourth-order valence-electron chi connectivity index (χ4n) is 2.51. The number of aromatic hydroxyl groups is 1. The number of para-hydroxylation sites is 1. The van der Waals surface area contributed by atoms with Gasteiger partial charge in [-0.05, 0) is 30.9 Å². The average molecular weight is 228 g/mol. The Morgan fingerprint density at radius 1 is 1.35 bits per heavy atom. The Hall–Kier alpha value is -1.77. The summed E-state index contributed by atoms with van der Waals surface area (Å²) < 4.78 is 2.23. The molecule has 0 radical (unpaired) electrons. The Kier molecular flexibility index (Phi) is 2.39. The number of hydrogen-bond donors (Lipinski definition) is 1. The van der Waals surface area contributed by atoms with Gasteiger partial charge in [-0.25, -0.2) is 4.98 Å². The van der Waals surface area contributed by atoms with Crippen molar-refractivity contribution in [2.75, 3.05) is 0 Å². The molecule has 1 aromatic carbocycles. The summed E-state index contributed by atoms with van der Waals surface area (Å²) in [5.74, 6) is 1.93. The van der Waals surface area contributed by atoms with E-state index in [4.69, 9.17) is 0 Å². The number of fused-ring (bicyclic) bond motifs is 1. The molecule has 0 saturated carbocycles. The fourth-order valence-corrected chi connectivity index (χ4v) is 2.51. The van der Waals surface area contributed by atoms with Crippen molar-refractivity contribution in [1.29, 1.82) is 0 Å². The van der Waals surface area contributed by atoms with Crippen LogP contribution in [0, 0.1) is 5.92 Å². The zero-order valence-electron chi connectivity index (χ0n) is 9.93. The number of nitrogens with zero attached hydrogens (tertiary/aromatic N) is 2. The summed E-state index contributed by atoms with van der Waals surface area (Å²) in [6.45, 7) is 3.27. The lowest BCUT2D eigenvalue weighted by atomic mass is 9.98. The highest BCUT2D eigenvalue weighted by molar-refractivity contribution is 5.64. The molecule has 0 fully saturated rings. The molecule has 1 aromatic heterocycles. The first-order valence-corrected chi connectivity index (χ1v) is 6.08.